The van der Waals surface area contributed by atoms with E-state index in [2.05, 4.69) is 27.8 Å². The van der Waals surface area contributed by atoms with Crippen LogP contribution in [0.15, 0.2) is 48.6 Å². The maximum Gasteiger partial charge on any atom is 0.264 e. The van der Waals surface area contributed by atoms with Gasteiger partial charge in [-0.2, -0.15) is 0 Å². The molecule has 2 aliphatic carbocycles. The van der Waals surface area contributed by atoms with Crippen LogP contribution in [0.4, 0.5) is 5.69 Å². The van der Waals surface area contributed by atoms with E-state index in [-0.39, 0.29) is 29.4 Å². The third kappa shape index (κ3) is 6.20. The minimum absolute atomic E-state index is 0.0767. The summed E-state index contributed by atoms with van der Waals surface area (Å²) in [4.78, 5) is 15.9. The van der Waals surface area contributed by atoms with Crippen LogP contribution in [0.25, 0.3) is 0 Å². The second-order valence-electron chi connectivity index (χ2n) is 14.0. The number of halogens is 1. The largest absolute Gasteiger partial charge is 0.490 e. The Labute approximate surface area is 278 Å². The molecule has 1 saturated carbocycles. The molecule has 6 rings (SSSR count). The van der Waals surface area contributed by atoms with Crippen molar-refractivity contribution in [3.8, 4) is 5.75 Å². The predicted molar refractivity (Wildman–Crippen MR) is 181 cm³/mol. The highest BCUT2D eigenvalue weighted by Crippen LogP contribution is 2.50. The summed E-state index contributed by atoms with van der Waals surface area (Å²) < 4.78 is 42.1. The highest BCUT2D eigenvalue weighted by atomic mass is 35.5. The molecule has 8 nitrogen and oxygen atoms in total. The van der Waals surface area contributed by atoms with Crippen LogP contribution in [0.1, 0.15) is 80.3 Å². The summed E-state index contributed by atoms with van der Waals surface area (Å²) in [6.07, 6.45) is 11.0. The quantitative estimate of drug-likeness (QED) is 0.382. The molecule has 0 saturated heterocycles. The molecule has 2 N–H and O–H groups in total. The van der Waals surface area contributed by atoms with E-state index in [9.17, 15) is 18.3 Å². The molecule has 2 aliphatic heterocycles. The summed E-state index contributed by atoms with van der Waals surface area (Å²) in [5.41, 5.74) is 2.76. The molecular formula is C36H47ClN2O6S. The first-order valence-corrected chi connectivity index (χ1v) is 18.6. The molecule has 10 heteroatoms. The lowest BCUT2D eigenvalue weighted by Gasteiger charge is -2.50. The van der Waals surface area contributed by atoms with Crippen molar-refractivity contribution in [3.63, 3.8) is 0 Å². The molecule has 6 atom stereocenters. The topological polar surface area (TPSA) is 105 Å². The zero-order valence-electron chi connectivity index (χ0n) is 27.1. The lowest BCUT2D eigenvalue weighted by molar-refractivity contribution is -0.0824. The van der Waals surface area contributed by atoms with Gasteiger partial charge in [0.25, 0.3) is 5.91 Å². The maximum absolute atomic E-state index is 13.5. The van der Waals surface area contributed by atoms with E-state index in [1.165, 1.54) is 11.1 Å². The number of carbonyl (C=O) groups is 1. The number of anilines is 1. The van der Waals surface area contributed by atoms with E-state index in [0.717, 1.165) is 49.4 Å². The number of amides is 1. The number of nitrogens with zero attached hydrogens (tertiary/aromatic N) is 1. The normalized spacial score (nSPS) is 33.1. The lowest BCUT2D eigenvalue weighted by Crippen LogP contribution is -2.53. The number of rotatable bonds is 4. The second-order valence-corrected chi connectivity index (χ2v) is 16.5. The van der Waals surface area contributed by atoms with Crippen molar-refractivity contribution in [2.75, 3.05) is 38.3 Å². The molecule has 46 heavy (non-hydrogen) atoms. The van der Waals surface area contributed by atoms with Crippen LogP contribution >= 0.6 is 11.6 Å². The Morgan fingerprint density at radius 2 is 2.00 bits per heavy atom. The van der Waals surface area contributed by atoms with Crippen molar-refractivity contribution in [1.82, 2.24) is 4.72 Å². The van der Waals surface area contributed by atoms with E-state index in [1.807, 2.05) is 25.1 Å². The van der Waals surface area contributed by atoms with E-state index in [1.54, 1.807) is 26.2 Å². The van der Waals surface area contributed by atoms with Gasteiger partial charge in [0.2, 0.25) is 10.0 Å². The third-order valence-electron chi connectivity index (χ3n) is 11.3. The Morgan fingerprint density at radius 1 is 1.17 bits per heavy atom. The number of hydrogen-bond acceptors (Lipinski definition) is 7. The van der Waals surface area contributed by atoms with Crippen molar-refractivity contribution in [2.45, 2.75) is 81.5 Å². The fourth-order valence-corrected chi connectivity index (χ4v) is 9.78. The van der Waals surface area contributed by atoms with Gasteiger partial charge in [0.1, 0.15) is 5.75 Å². The van der Waals surface area contributed by atoms with E-state index >= 15 is 0 Å². The van der Waals surface area contributed by atoms with Crippen LogP contribution in [-0.4, -0.2) is 63.7 Å². The van der Waals surface area contributed by atoms with Crippen molar-refractivity contribution in [3.05, 3.63) is 70.3 Å². The van der Waals surface area contributed by atoms with Crippen LogP contribution in [0.3, 0.4) is 0 Å². The number of allylic oxidation sites excluding steroid dienone is 1. The van der Waals surface area contributed by atoms with Gasteiger partial charge < -0.3 is 19.5 Å². The number of benzene rings is 2. The van der Waals surface area contributed by atoms with Crippen molar-refractivity contribution < 1.29 is 27.8 Å². The zero-order chi connectivity index (χ0) is 32.7. The molecule has 1 fully saturated rings. The Kier molecular flexibility index (Phi) is 9.51. The van der Waals surface area contributed by atoms with Crippen molar-refractivity contribution in [2.24, 2.45) is 17.8 Å². The van der Waals surface area contributed by atoms with Crippen LogP contribution < -0.4 is 14.4 Å². The monoisotopic (exact) mass is 670 g/mol. The number of methoxy groups -OCH3 is 1. The highest BCUT2D eigenvalue weighted by Gasteiger charge is 2.49. The Hall–Kier alpha value is -2.59. The molecule has 1 amide bonds. The Balaban J connectivity index is 1.46. The maximum atomic E-state index is 13.5. The highest BCUT2D eigenvalue weighted by molar-refractivity contribution is 7.90. The van der Waals surface area contributed by atoms with Crippen LogP contribution in [0.5, 0.6) is 5.75 Å². The number of aliphatic hydroxyl groups excluding tert-OH is 1. The first kappa shape index (κ1) is 33.3. The van der Waals surface area contributed by atoms with Crippen molar-refractivity contribution in [1.29, 1.82) is 0 Å². The SMILES string of the molecule is CO[C@]1(CCCO)/C=C/C[C@H](C)[C@@H](C)S(=O)(=O)NC(=O)c2ccc3c(c2)N(C[C@@H]2CC[C@H]21)C[C@@]1(CCCc2cc(Cl)ccc21)CO3. The molecule has 0 radical (unpaired) electrons. The summed E-state index contributed by atoms with van der Waals surface area (Å²) in [5.74, 6) is 0.345. The van der Waals surface area contributed by atoms with E-state index in [4.69, 9.17) is 21.1 Å². The van der Waals surface area contributed by atoms with E-state index < -0.39 is 26.8 Å². The van der Waals surface area contributed by atoms with Gasteiger partial charge in [-0.05, 0) is 118 Å². The number of hydrogen-bond donors (Lipinski definition) is 2. The number of carbonyl (C=O) groups excluding carboxylic acids is 1. The molecule has 2 heterocycles. The van der Waals surface area contributed by atoms with Gasteiger partial charge in [-0.1, -0.05) is 36.7 Å². The molecule has 4 aliphatic rings. The number of ether oxygens (including phenoxy) is 2. The van der Waals surface area contributed by atoms with Gasteiger partial charge in [-0.15, -0.1) is 0 Å². The average molecular weight is 671 g/mol. The summed E-state index contributed by atoms with van der Waals surface area (Å²) in [6, 6.07) is 11.5. The summed E-state index contributed by atoms with van der Waals surface area (Å²) >= 11 is 6.44. The third-order valence-corrected chi connectivity index (χ3v) is 13.5. The van der Waals surface area contributed by atoms with Gasteiger partial charge in [0.15, 0.2) is 0 Å². The number of fused-ring (bicyclic) bond motifs is 4. The molecule has 0 unspecified atom stereocenters. The molecule has 0 aromatic heterocycles. The first-order chi connectivity index (χ1) is 22.0. The second kappa shape index (κ2) is 13.1. The lowest BCUT2D eigenvalue weighted by atomic mass is 9.62. The minimum atomic E-state index is -3.95. The number of nitrogens with one attached hydrogen (secondary N) is 1. The molecule has 1 spiro atoms. The summed E-state index contributed by atoms with van der Waals surface area (Å²) in [5, 5.41) is 9.76. The van der Waals surface area contributed by atoms with Crippen molar-refractivity contribution >= 4 is 33.2 Å². The number of aliphatic hydroxyl groups is 1. The summed E-state index contributed by atoms with van der Waals surface area (Å²) in [7, 11) is -2.20. The summed E-state index contributed by atoms with van der Waals surface area (Å²) in [6.45, 7) is 5.54. The zero-order valence-corrected chi connectivity index (χ0v) is 28.7. The molecule has 2 aromatic carbocycles. The van der Waals surface area contributed by atoms with Crippen LogP contribution in [0.2, 0.25) is 5.02 Å². The minimum Gasteiger partial charge on any atom is -0.490 e. The standard InChI is InChI=1S/C36H47ClN2O6S/c1-24-7-4-16-36(44-3,17-6-18-40)31-12-9-28(31)21-39-22-35(15-5-8-26-19-29(37)11-13-30(26)35)23-45-33-14-10-27(20-32(33)39)34(41)38-46(42,43)25(24)2/h4,10-11,13-14,16,19-20,24-25,28,31,40H,5-9,12,15,17-18,21-23H2,1-3H3,(H,38,41)/b16-4+/t24-,25+,28-,31+,35-,36-/m0/s1. The Bertz CT molecular complexity index is 1600. The van der Waals surface area contributed by atoms with Crippen LogP contribution in [0, 0.1) is 17.8 Å². The molecule has 250 valence electrons. The van der Waals surface area contributed by atoms with Gasteiger partial charge >= 0.3 is 0 Å². The van der Waals surface area contributed by atoms with Gasteiger partial charge in [-0.3, -0.25) is 4.79 Å². The van der Waals surface area contributed by atoms with Gasteiger partial charge in [-0.25, -0.2) is 13.1 Å². The fraction of sp³-hybridized carbons (Fsp3) is 0.583. The smallest absolute Gasteiger partial charge is 0.264 e. The predicted octanol–water partition coefficient (Wildman–Crippen LogP) is 6.04. The molecule has 2 bridgehead atoms. The number of sulfonamides is 1. The Morgan fingerprint density at radius 3 is 2.74 bits per heavy atom. The number of aryl methyl sites for hydroxylation is 1. The fourth-order valence-electron chi connectivity index (χ4n) is 8.30. The van der Waals surface area contributed by atoms with E-state index in [0.29, 0.717) is 44.1 Å². The average Bonchev–Trinajstić information content (AvgIpc) is 3.17. The van der Waals surface area contributed by atoms with Gasteiger partial charge in [0.05, 0.1) is 23.1 Å². The van der Waals surface area contributed by atoms with Crippen LogP contribution in [-0.2, 0) is 26.6 Å². The molecule has 2 aromatic rings. The molecular weight excluding hydrogens is 624 g/mol. The van der Waals surface area contributed by atoms with Gasteiger partial charge in [0, 0.05) is 42.8 Å². The first-order valence-electron chi connectivity index (χ1n) is 16.7.